The topological polar surface area (TPSA) is 59.2 Å². The molecule has 1 rings (SSSR count). The minimum Gasteiger partial charge on any atom is -0.340 e. The van der Waals surface area contributed by atoms with Crippen molar-refractivity contribution in [3.63, 3.8) is 0 Å². The van der Waals surface area contributed by atoms with Gasteiger partial charge in [0, 0.05) is 26.0 Å². The zero-order valence-electron chi connectivity index (χ0n) is 10.1. The highest BCUT2D eigenvalue weighted by Crippen LogP contribution is 2.06. The molecule has 4 nitrogen and oxygen atoms in total. The van der Waals surface area contributed by atoms with E-state index in [1.165, 1.54) is 0 Å². The van der Waals surface area contributed by atoms with E-state index in [9.17, 15) is 4.79 Å². The van der Waals surface area contributed by atoms with Crippen LogP contribution in [0.4, 0.5) is 0 Å². The predicted molar refractivity (Wildman–Crippen MR) is 63.5 cm³/mol. The third kappa shape index (κ3) is 3.31. The Morgan fingerprint density at radius 2 is 2.25 bits per heavy atom. The third-order valence-corrected chi connectivity index (χ3v) is 2.52. The molecule has 0 bridgehead atoms. The highest BCUT2D eigenvalue weighted by Gasteiger charge is 2.20. The van der Waals surface area contributed by atoms with Gasteiger partial charge in [0.2, 0.25) is 5.91 Å². The number of nitrogens with two attached hydrogens (primary N) is 1. The summed E-state index contributed by atoms with van der Waals surface area (Å²) in [7, 11) is 1.76. The van der Waals surface area contributed by atoms with Crippen LogP contribution in [-0.2, 0) is 11.3 Å². The average Bonchev–Trinajstić information content (AvgIpc) is 2.28. The minimum atomic E-state index is -0.429. The smallest absolute Gasteiger partial charge is 0.239 e. The molecule has 0 fully saturated rings. The fourth-order valence-electron chi connectivity index (χ4n) is 1.38. The van der Waals surface area contributed by atoms with Crippen LogP contribution in [0.2, 0.25) is 0 Å². The van der Waals surface area contributed by atoms with Crippen molar-refractivity contribution in [2.45, 2.75) is 26.4 Å². The van der Waals surface area contributed by atoms with Crippen molar-refractivity contribution < 1.29 is 4.79 Å². The lowest BCUT2D eigenvalue weighted by Crippen LogP contribution is -2.44. The number of rotatable bonds is 4. The first kappa shape index (κ1) is 12.6. The highest BCUT2D eigenvalue weighted by molar-refractivity contribution is 5.81. The summed E-state index contributed by atoms with van der Waals surface area (Å²) in [5.74, 6) is 0.128. The predicted octanol–water partition coefficient (Wildman–Crippen LogP) is 1.02. The summed E-state index contributed by atoms with van der Waals surface area (Å²) < 4.78 is 0. The Bertz CT molecular complexity index is 337. The molecule has 0 spiro atoms. The molecule has 0 saturated heterocycles. The summed E-state index contributed by atoms with van der Waals surface area (Å²) in [4.78, 5) is 17.5. The molecule has 0 aliphatic heterocycles. The molecule has 1 aromatic heterocycles. The number of carbonyl (C=O) groups excluding carboxylic acids is 1. The SMILES string of the molecule is CC(C)C(N)C(=O)N(C)Cc1cccnc1. The largest absolute Gasteiger partial charge is 0.340 e. The monoisotopic (exact) mass is 221 g/mol. The van der Waals surface area contributed by atoms with Crippen LogP contribution in [0.1, 0.15) is 19.4 Å². The average molecular weight is 221 g/mol. The van der Waals surface area contributed by atoms with Crippen LogP contribution in [0.3, 0.4) is 0 Å². The Balaban J connectivity index is 2.59. The van der Waals surface area contributed by atoms with Crippen molar-refractivity contribution in [3.05, 3.63) is 30.1 Å². The number of aromatic nitrogens is 1. The zero-order chi connectivity index (χ0) is 12.1. The number of hydrogen-bond donors (Lipinski definition) is 1. The van der Waals surface area contributed by atoms with Gasteiger partial charge in [-0.2, -0.15) is 0 Å². The molecule has 0 aromatic carbocycles. The van der Waals surface area contributed by atoms with Crippen molar-refractivity contribution in [2.75, 3.05) is 7.05 Å². The molecule has 88 valence electrons. The second-order valence-corrected chi connectivity index (χ2v) is 4.33. The molecule has 16 heavy (non-hydrogen) atoms. The van der Waals surface area contributed by atoms with Crippen LogP contribution >= 0.6 is 0 Å². The minimum absolute atomic E-state index is 0.0288. The first-order valence-electron chi connectivity index (χ1n) is 5.42. The van der Waals surface area contributed by atoms with Crippen LogP contribution in [-0.4, -0.2) is 28.9 Å². The van der Waals surface area contributed by atoms with Gasteiger partial charge in [0.05, 0.1) is 6.04 Å². The van der Waals surface area contributed by atoms with Crippen LogP contribution in [0.15, 0.2) is 24.5 Å². The number of pyridine rings is 1. The summed E-state index contributed by atoms with van der Waals surface area (Å²) in [6.07, 6.45) is 3.47. The van der Waals surface area contributed by atoms with Gasteiger partial charge in [0.15, 0.2) is 0 Å². The number of amides is 1. The van der Waals surface area contributed by atoms with Gasteiger partial charge in [0.25, 0.3) is 0 Å². The first-order valence-corrected chi connectivity index (χ1v) is 5.42. The standard InChI is InChI=1S/C12H19N3O/c1-9(2)11(13)12(16)15(3)8-10-5-4-6-14-7-10/h4-7,9,11H,8,13H2,1-3H3. The van der Waals surface area contributed by atoms with Gasteiger partial charge in [-0.15, -0.1) is 0 Å². The number of nitrogens with zero attached hydrogens (tertiary/aromatic N) is 2. The quantitative estimate of drug-likeness (QED) is 0.826. The van der Waals surface area contributed by atoms with E-state index in [0.717, 1.165) is 5.56 Å². The zero-order valence-corrected chi connectivity index (χ0v) is 10.1. The molecule has 0 radical (unpaired) electrons. The van der Waals surface area contributed by atoms with Crippen molar-refractivity contribution in [2.24, 2.45) is 11.7 Å². The van der Waals surface area contributed by atoms with E-state index in [-0.39, 0.29) is 11.8 Å². The Kier molecular flexibility index (Phi) is 4.43. The third-order valence-electron chi connectivity index (χ3n) is 2.52. The van der Waals surface area contributed by atoms with E-state index >= 15 is 0 Å². The van der Waals surface area contributed by atoms with E-state index in [2.05, 4.69) is 4.98 Å². The molecule has 0 aliphatic rings. The summed E-state index contributed by atoms with van der Waals surface area (Å²) in [5.41, 5.74) is 6.82. The lowest BCUT2D eigenvalue weighted by Gasteiger charge is -2.23. The number of hydrogen-bond acceptors (Lipinski definition) is 3. The molecule has 1 unspecified atom stereocenters. The van der Waals surface area contributed by atoms with Crippen LogP contribution in [0.5, 0.6) is 0 Å². The second kappa shape index (κ2) is 5.61. The van der Waals surface area contributed by atoms with E-state index in [0.29, 0.717) is 6.54 Å². The molecule has 2 N–H and O–H groups in total. The lowest BCUT2D eigenvalue weighted by molar-refractivity contribution is -0.132. The maximum absolute atomic E-state index is 11.9. The second-order valence-electron chi connectivity index (χ2n) is 4.33. The van der Waals surface area contributed by atoms with Gasteiger partial charge in [-0.05, 0) is 17.5 Å². The first-order chi connectivity index (χ1) is 7.52. The molecule has 0 aliphatic carbocycles. The maximum Gasteiger partial charge on any atom is 0.239 e. The normalized spacial score (nSPS) is 12.6. The lowest BCUT2D eigenvalue weighted by atomic mass is 10.0. The van der Waals surface area contributed by atoms with E-state index in [4.69, 9.17) is 5.73 Å². The van der Waals surface area contributed by atoms with Crippen molar-refractivity contribution >= 4 is 5.91 Å². The van der Waals surface area contributed by atoms with E-state index in [1.54, 1.807) is 24.3 Å². The van der Waals surface area contributed by atoms with Gasteiger partial charge < -0.3 is 10.6 Å². The molecule has 1 aromatic rings. The van der Waals surface area contributed by atoms with Gasteiger partial charge in [-0.1, -0.05) is 19.9 Å². The Morgan fingerprint density at radius 3 is 2.75 bits per heavy atom. The molecular formula is C12H19N3O. The van der Waals surface area contributed by atoms with Gasteiger partial charge in [0.1, 0.15) is 0 Å². The fourth-order valence-corrected chi connectivity index (χ4v) is 1.38. The fraction of sp³-hybridized carbons (Fsp3) is 0.500. The molecular weight excluding hydrogens is 202 g/mol. The molecule has 4 heteroatoms. The summed E-state index contributed by atoms with van der Waals surface area (Å²) >= 11 is 0. The van der Waals surface area contributed by atoms with E-state index in [1.807, 2.05) is 26.0 Å². The molecule has 1 heterocycles. The number of carbonyl (C=O) groups is 1. The van der Waals surface area contributed by atoms with Gasteiger partial charge in [-0.3, -0.25) is 9.78 Å². The van der Waals surface area contributed by atoms with E-state index < -0.39 is 6.04 Å². The van der Waals surface area contributed by atoms with Crippen molar-refractivity contribution in [1.29, 1.82) is 0 Å². The van der Waals surface area contributed by atoms with Crippen molar-refractivity contribution in [3.8, 4) is 0 Å². The molecule has 0 saturated carbocycles. The van der Waals surface area contributed by atoms with Crippen LogP contribution in [0, 0.1) is 5.92 Å². The summed E-state index contributed by atoms with van der Waals surface area (Å²) in [5, 5.41) is 0. The number of likely N-dealkylation sites (N-methyl/N-ethyl adjacent to an activating group) is 1. The Hall–Kier alpha value is -1.42. The van der Waals surface area contributed by atoms with Crippen LogP contribution < -0.4 is 5.73 Å². The summed E-state index contributed by atoms with van der Waals surface area (Å²) in [6.45, 7) is 4.44. The van der Waals surface area contributed by atoms with Gasteiger partial charge >= 0.3 is 0 Å². The molecule has 1 amide bonds. The maximum atomic E-state index is 11.9. The highest BCUT2D eigenvalue weighted by atomic mass is 16.2. The molecule has 1 atom stereocenters. The van der Waals surface area contributed by atoms with Crippen molar-refractivity contribution in [1.82, 2.24) is 9.88 Å². The summed E-state index contributed by atoms with van der Waals surface area (Å²) in [6, 6.07) is 3.37. The van der Waals surface area contributed by atoms with Crippen LogP contribution in [0.25, 0.3) is 0 Å². The Morgan fingerprint density at radius 1 is 1.56 bits per heavy atom. The Labute approximate surface area is 96.5 Å². The van der Waals surface area contributed by atoms with Gasteiger partial charge in [-0.25, -0.2) is 0 Å².